The number of para-hydroxylation sites is 2. The number of aromatic amines is 1. The second-order valence-electron chi connectivity index (χ2n) is 5.42. The predicted molar refractivity (Wildman–Crippen MR) is 94.3 cm³/mol. The van der Waals surface area contributed by atoms with E-state index >= 15 is 0 Å². The van der Waals surface area contributed by atoms with Crippen LogP contribution in [0.5, 0.6) is 0 Å². The highest BCUT2D eigenvalue weighted by Crippen LogP contribution is 2.24. The Kier molecular flexibility index (Phi) is 2.57. The number of hydrogen-bond donors (Lipinski definition) is 1. The predicted octanol–water partition coefficient (Wildman–Crippen LogP) is 2.54. The van der Waals surface area contributed by atoms with Crippen LogP contribution in [0.15, 0.2) is 64.2 Å². The van der Waals surface area contributed by atoms with Crippen molar-refractivity contribution in [1.82, 2.24) is 19.2 Å². The van der Waals surface area contributed by atoms with Crippen molar-refractivity contribution in [2.75, 3.05) is 0 Å². The highest BCUT2D eigenvalue weighted by Gasteiger charge is 2.17. The summed E-state index contributed by atoms with van der Waals surface area (Å²) in [6.07, 6.45) is 0. The molecular weight excluding hydrogens is 324 g/mol. The molecule has 6 nitrogen and oxygen atoms in total. The van der Waals surface area contributed by atoms with E-state index in [0.29, 0.717) is 16.3 Å². The number of hydrogen-bond acceptors (Lipinski definition) is 4. The number of fused-ring (bicyclic) bond motifs is 4. The fourth-order valence-corrected chi connectivity index (χ4v) is 3.93. The molecule has 5 aromatic rings. The van der Waals surface area contributed by atoms with Crippen LogP contribution in [0.3, 0.4) is 0 Å². The van der Waals surface area contributed by atoms with Gasteiger partial charge >= 0.3 is 0 Å². The molecule has 0 spiro atoms. The molecule has 5 rings (SSSR count). The lowest BCUT2D eigenvalue weighted by atomic mass is 10.3. The quantitative estimate of drug-likeness (QED) is 0.512. The zero-order chi connectivity index (χ0) is 16.3. The summed E-state index contributed by atoms with van der Waals surface area (Å²) in [5, 5.41) is 3.01. The highest BCUT2D eigenvalue weighted by molar-refractivity contribution is 7.23. The number of benzene rings is 2. The first kappa shape index (κ1) is 13.3. The molecule has 0 radical (unpaired) electrons. The van der Waals surface area contributed by atoms with E-state index in [1.165, 1.54) is 20.4 Å². The number of thiazole rings is 1. The molecule has 0 unspecified atom stereocenters. The molecule has 3 aromatic heterocycles. The summed E-state index contributed by atoms with van der Waals surface area (Å²) in [5.74, 6) is 0. The Labute approximate surface area is 138 Å². The lowest BCUT2D eigenvalue weighted by Crippen LogP contribution is -2.21. The molecule has 0 fully saturated rings. The molecule has 116 valence electrons. The van der Waals surface area contributed by atoms with Gasteiger partial charge in [-0.1, -0.05) is 41.7 Å². The van der Waals surface area contributed by atoms with E-state index in [-0.39, 0.29) is 10.9 Å². The van der Waals surface area contributed by atoms with Crippen molar-refractivity contribution in [3.63, 3.8) is 0 Å². The number of rotatable bonds is 1. The normalized spacial score (nSPS) is 11.7. The van der Waals surface area contributed by atoms with Gasteiger partial charge in [-0.15, -0.1) is 0 Å². The van der Waals surface area contributed by atoms with Gasteiger partial charge in [0, 0.05) is 0 Å². The summed E-state index contributed by atoms with van der Waals surface area (Å²) in [5.41, 5.74) is 1.00. The minimum atomic E-state index is -0.390. The Morgan fingerprint density at radius 2 is 1.67 bits per heavy atom. The van der Waals surface area contributed by atoms with Gasteiger partial charge in [-0.3, -0.25) is 19.1 Å². The lowest BCUT2D eigenvalue weighted by Gasteiger charge is -1.98. The largest absolute Gasteiger partial charge is 0.286 e. The van der Waals surface area contributed by atoms with Gasteiger partial charge < -0.3 is 0 Å². The maximum absolute atomic E-state index is 12.9. The molecule has 0 bridgehead atoms. The van der Waals surface area contributed by atoms with Crippen LogP contribution in [0.1, 0.15) is 0 Å². The van der Waals surface area contributed by atoms with Crippen LogP contribution in [0.2, 0.25) is 0 Å². The topological polar surface area (TPSA) is 72.2 Å². The molecule has 1 N–H and O–H groups in total. The zero-order valence-electron chi connectivity index (χ0n) is 12.3. The van der Waals surface area contributed by atoms with Crippen molar-refractivity contribution in [2.24, 2.45) is 0 Å². The van der Waals surface area contributed by atoms with Crippen LogP contribution in [0, 0.1) is 0 Å². The Balaban J connectivity index is 1.96. The molecule has 0 amide bonds. The molecule has 7 heteroatoms. The summed E-state index contributed by atoms with van der Waals surface area (Å²) in [6.45, 7) is 0. The van der Waals surface area contributed by atoms with Gasteiger partial charge in [-0.05, 0) is 24.3 Å². The first-order valence-electron chi connectivity index (χ1n) is 7.34. The average molecular weight is 334 g/mol. The van der Waals surface area contributed by atoms with Crippen molar-refractivity contribution in [2.45, 2.75) is 0 Å². The van der Waals surface area contributed by atoms with Crippen LogP contribution in [-0.2, 0) is 0 Å². The molecular formula is C17H10N4O2S. The van der Waals surface area contributed by atoms with E-state index in [1.54, 1.807) is 12.1 Å². The van der Waals surface area contributed by atoms with Gasteiger partial charge in [0.15, 0.2) is 16.0 Å². The first-order valence-corrected chi connectivity index (χ1v) is 8.16. The second kappa shape index (κ2) is 4.65. The van der Waals surface area contributed by atoms with E-state index < -0.39 is 5.56 Å². The molecule has 0 aliphatic heterocycles. The third-order valence-electron chi connectivity index (χ3n) is 4.01. The second-order valence-corrected chi connectivity index (χ2v) is 6.43. The van der Waals surface area contributed by atoms with E-state index in [1.807, 2.05) is 42.5 Å². The number of nitrogens with zero attached hydrogens (tertiary/aromatic N) is 3. The zero-order valence-corrected chi connectivity index (χ0v) is 13.1. The van der Waals surface area contributed by atoms with Gasteiger partial charge in [0.1, 0.15) is 0 Å². The standard InChI is InChI=1S/C17H10N4O2S/c22-15-13-14(19-21(16(13)23)10-6-2-1-3-7-10)18-17-20(15)11-8-4-5-9-12(11)24-17/h1-9,19H. The minimum absolute atomic E-state index is 0.0694. The smallest absolute Gasteiger partial charge is 0.273 e. The number of H-pyrrole nitrogens is 1. The lowest BCUT2D eigenvalue weighted by molar-refractivity contribution is 0.859. The van der Waals surface area contributed by atoms with Gasteiger partial charge in [0.2, 0.25) is 0 Å². The van der Waals surface area contributed by atoms with Gasteiger partial charge in [0.05, 0.1) is 15.9 Å². The summed E-state index contributed by atoms with van der Waals surface area (Å²) in [6, 6.07) is 16.7. The van der Waals surface area contributed by atoms with E-state index in [9.17, 15) is 9.59 Å². The number of aromatic nitrogens is 4. The van der Waals surface area contributed by atoms with Gasteiger partial charge in [0.25, 0.3) is 11.1 Å². The highest BCUT2D eigenvalue weighted by atomic mass is 32.1. The van der Waals surface area contributed by atoms with Crippen molar-refractivity contribution < 1.29 is 0 Å². The Morgan fingerprint density at radius 1 is 0.917 bits per heavy atom. The number of nitrogens with one attached hydrogen (secondary N) is 1. The minimum Gasteiger partial charge on any atom is -0.273 e. The van der Waals surface area contributed by atoms with E-state index in [0.717, 1.165) is 10.2 Å². The Bertz CT molecular complexity index is 1340. The fraction of sp³-hybridized carbons (Fsp3) is 0. The Morgan fingerprint density at radius 3 is 2.50 bits per heavy atom. The fourth-order valence-electron chi connectivity index (χ4n) is 2.91. The molecule has 0 atom stereocenters. The van der Waals surface area contributed by atoms with Crippen LogP contribution < -0.4 is 11.1 Å². The van der Waals surface area contributed by atoms with Crippen LogP contribution in [0.25, 0.3) is 31.9 Å². The monoisotopic (exact) mass is 334 g/mol. The summed E-state index contributed by atoms with van der Waals surface area (Å²) in [4.78, 5) is 30.7. The summed E-state index contributed by atoms with van der Waals surface area (Å²) in [7, 11) is 0. The van der Waals surface area contributed by atoms with Crippen molar-refractivity contribution in [1.29, 1.82) is 0 Å². The third-order valence-corrected chi connectivity index (χ3v) is 5.03. The van der Waals surface area contributed by atoms with Crippen molar-refractivity contribution in [3.05, 3.63) is 75.3 Å². The van der Waals surface area contributed by atoms with Crippen LogP contribution in [0.4, 0.5) is 0 Å². The van der Waals surface area contributed by atoms with Gasteiger partial charge in [-0.2, -0.15) is 0 Å². The van der Waals surface area contributed by atoms with Crippen molar-refractivity contribution in [3.8, 4) is 5.69 Å². The van der Waals surface area contributed by atoms with Crippen LogP contribution in [-0.4, -0.2) is 19.2 Å². The molecule has 2 aromatic carbocycles. The molecule has 0 saturated carbocycles. The van der Waals surface area contributed by atoms with Crippen LogP contribution >= 0.6 is 11.3 Å². The summed E-state index contributed by atoms with van der Waals surface area (Å²) >= 11 is 1.42. The maximum Gasteiger partial charge on any atom is 0.286 e. The maximum atomic E-state index is 12.9. The molecule has 0 aliphatic carbocycles. The first-order chi connectivity index (χ1) is 11.7. The SMILES string of the molecule is O=c1c2c(=O)n3c(nc2[nH]n1-c1ccccc1)sc1ccccc13. The Hall–Kier alpha value is -3.19. The molecule has 3 heterocycles. The van der Waals surface area contributed by atoms with Gasteiger partial charge in [-0.25, -0.2) is 9.67 Å². The van der Waals surface area contributed by atoms with E-state index in [4.69, 9.17) is 0 Å². The van der Waals surface area contributed by atoms with E-state index in [2.05, 4.69) is 10.1 Å². The average Bonchev–Trinajstić information content (AvgIpc) is 3.14. The molecule has 0 aliphatic rings. The molecule has 24 heavy (non-hydrogen) atoms. The summed E-state index contributed by atoms with van der Waals surface area (Å²) < 4.78 is 3.82. The molecule has 0 saturated heterocycles. The third kappa shape index (κ3) is 1.67. The van der Waals surface area contributed by atoms with Crippen molar-refractivity contribution >= 4 is 37.5 Å².